The fourth-order valence-corrected chi connectivity index (χ4v) is 2.14. The number of nitro benzene ring substituents is 1. The average molecular weight is 296 g/mol. The van der Waals surface area contributed by atoms with Gasteiger partial charge < -0.3 is 19.9 Å². The molecule has 1 amide bonds. The monoisotopic (exact) mass is 296 g/mol. The second-order valence-corrected chi connectivity index (χ2v) is 4.82. The highest BCUT2D eigenvalue weighted by Gasteiger charge is 2.34. The van der Waals surface area contributed by atoms with Gasteiger partial charge in [-0.1, -0.05) is 6.07 Å². The number of aliphatic hydroxyl groups is 1. The second-order valence-electron chi connectivity index (χ2n) is 4.82. The van der Waals surface area contributed by atoms with Crippen molar-refractivity contribution in [3.8, 4) is 5.75 Å². The fraction of sp³-hybridized carbons (Fsp3) is 0.462. The molecule has 0 aliphatic carbocycles. The SMILES string of the molecule is COc1cccc([N+](=O)[O-])c1C(=O)NCC1(O)CCOC1. The molecule has 1 aliphatic heterocycles. The van der Waals surface area contributed by atoms with Crippen LogP contribution in [0.1, 0.15) is 16.8 Å². The number of rotatable bonds is 5. The number of amides is 1. The molecule has 114 valence electrons. The molecule has 0 spiro atoms. The number of nitrogens with zero attached hydrogens (tertiary/aromatic N) is 1. The summed E-state index contributed by atoms with van der Waals surface area (Å²) in [5.74, 6) is -0.559. The van der Waals surface area contributed by atoms with Crippen molar-refractivity contribution in [2.45, 2.75) is 12.0 Å². The Morgan fingerprint density at radius 1 is 1.62 bits per heavy atom. The molecule has 1 heterocycles. The summed E-state index contributed by atoms with van der Waals surface area (Å²) in [6.07, 6.45) is 0.404. The zero-order chi connectivity index (χ0) is 15.5. The van der Waals surface area contributed by atoms with E-state index in [2.05, 4.69) is 5.32 Å². The Morgan fingerprint density at radius 3 is 2.95 bits per heavy atom. The Hall–Kier alpha value is -2.19. The summed E-state index contributed by atoms with van der Waals surface area (Å²) in [5.41, 5.74) is -1.64. The van der Waals surface area contributed by atoms with Crippen LogP contribution in [-0.4, -0.2) is 48.4 Å². The molecule has 1 unspecified atom stereocenters. The topological polar surface area (TPSA) is 111 Å². The van der Waals surface area contributed by atoms with E-state index < -0.39 is 16.4 Å². The molecule has 21 heavy (non-hydrogen) atoms. The smallest absolute Gasteiger partial charge is 0.285 e. The van der Waals surface area contributed by atoms with E-state index in [1.54, 1.807) is 0 Å². The molecule has 0 aromatic heterocycles. The van der Waals surface area contributed by atoms with E-state index >= 15 is 0 Å². The number of nitro groups is 1. The standard InChI is InChI=1S/C13H16N2O6/c1-20-10-4-2-3-9(15(18)19)11(10)12(16)14-7-13(17)5-6-21-8-13/h2-4,17H,5-8H2,1H3,(H,14,16). The molecule has 8 nitrogen and oxygen atoms in total. The maximum absolute atomic E-state index is 12.2. The lowest BCUT2D eigenvalue weighted by Crippen LogP contribution is -2.43. The van der Waals surface area contributed by atoms with Gasteiger partial charge in [0.15, 0.2) is 5.56 Å². The van der Waals surface area contributed by atoms with Crippen LogP contribution in [0, 0.1) is 10.1 Å². The van der Waals surface area contributed by atoms with Crippen LogP contribution in [0.5, 0.6) is 5.75 Å². The minimum absolute atomic E-state index is 0.0406. The number of benzene rings is 1. The highest BCUT2D eigenvalue weighted by Crippen LogP contribution is 2.28. The minimum atomic E-state index is -1.13. The molecule has 2 rings (SSSR count). The van der Waals surface area contributed by atoms with Crippen LogP contribution in [0.25, 0.3) is 0 Å². The van der Waals surface area contributed by atoms with Gasteiger partial charge in [0, 0.05) is 25.6 Å². The second kappa shape index (κ2) is 6.06. The number of hydrogen-bond donors (Lipinski definition) is 2. The lowest BCUT2D eigenvalue weighted by molar-refractivity contribution is -0.385. The molecule has 0 saturated carbocycles. The first-order valence-corrected chi connectivity index (χ1v) is 6.36. The quantitative estimate of drug-likeness (QED) is 0.604. The Morgan fingerprint density at radius 2 is 2.38 bits per heavy atom. The molecule has 1 aliphatic rings. The van der Waals surface area contributed by atoms with Crippen molar-refractivity contribution in [3.05, 3.63) is 33.9 Å². The van der Waals surface area contributed by atoms with Crippen molar-refractivity contribution in [2.75, 3.05) is 26.9 Å². The minimum Gasteiger partial charge on any atom is -0.496 e. The Kier molecular flexibility index (Phi) is 4.39. The predicted octanol–water partition coefficient (Wildman–Crippen LogP) is 0.485. The number of methoxy groups -OCH3 is 1. The molecule has 1 aromatic carbocycles. The molecule has 1 saturated heterocycles. The van der Waals surface area contributed by atoms with Gasteiger partial charge in [0.1, 0.15) is 11.4 Å². The zero-order valence-corrected chi connectivity index (χ0v) is 11.5. The van der Waals surface area contributed by atoms with Crippen LogP contribution in [0.15, 0.2) is 18.2 Å². The highest BCUT2D eigenvalue weighted by molar-refractivity contribution is 6.00. The van der Waals surface area contributed by atoms with Gasteiger partial charge >= 0.3 is 0 Å². The lowest BCUT2D eigenvalue weighted by atomic mass is 10.0. The third-order valence-corrected chi connectivity index (χ3v) is 3.31. The molecule has 1 atom stereocenters. The third kappa shape index (κ3) is 3.29. The molecular formula is C13H16N2O6. The molecule has 0 bridgehead atoms. The molecule has 2 N–H and O–H groups in total. The van der Waals surface area contributed by atoms with Gasteiger partial charge in [-0.25, -0.2) is 0 Å². The van der Waals surface area contributed by atoms with Gasteiger partial charge in [-0.15, -0.1) is 0 Å². The van der Waals surface area contributed by atoms with Crippen LogP contribution in [0.2, 0.25) is 0 Å². The summed E-state index contributed by atoms with van der Waals surface area (Å²) >= 11 is 0. The fourth-order valence-electron chi connectivity index (χ4n) is 2.14. The first kappa shape index (κ1) is 15.2. The van der Waals surface area contributed by atoms with E-state index in [-0.39, 0.29) is 30.2 Å². The van der Waals surface area contributed by atoms with Gasteiger partial charge in [-0.2, -0.15) is 0 Å². The lowest BCUT2D eigenvalue weighted by Gasteiger charge is -2.20. The molecule has 1 aromatic rings. The number of hydrogen-bond acceptors (Lipinski definition) is 6. The van der Waals surface area contributed by atoms with Crippen LogP contribution in [0.4, 0.5) is 5.69 Å². The van der Waals surface area contributed by atoms with E-state index in [0.717, 1.165) is 0 Å². The van der Waals surface area contributed by atoms with E-state index in [4.69, 9.17) is 9.47 Å². The highest BCUT2D eigenvalue weighted by atomic mass is 16.6. The average Bonchev–Trinajstić information content (AvgIpc) is 2.91. The van der Waals surface area contributed by atoms with Crippen LogP contribution < -0.4 is 10.1 Å². The normalized spacial score (nSPS) is 21.0. The summed E-state index contributed by atoms with van der Waals surface area (Å²) in [6.45, 7) is 0.503. The molecule has 0 radical (unpaired) electrons. The zero-order valence-electron chi connectivity index (χ0n) is 11.5. The summed E-state index contributed by atoms with van der Waals surface area (Å²) in [6, 6.07) is 4.13. The van der Waals surface area contributed by atoms with E-state index in [1.807, 2.05) is 0 Å². The van der Waals surface area contributed by atoms with Crippen LogP contribution in [-0.2, 0) is 4.74 Å². The maximum atomic E-state index is 12.2. The maximum Gasteiger partial charge on any atom is 0.285 e. The van der Waals surface area contributed by atoms with E-state index in [0.29, 0.717) is 13.0 Å². The summed E-state index contributed by atoms with van der Waals surface area (Å²) in [5, 5.41) is 23.6. The Labute approximate surface area is 120 Å². The number of carbonyl (C=O) groups is 1. The molecular weight excluding hydrogens is 280 g/mol. The first-order valence-electron chi connectivity index (χ1n) is 6.36. The van der Waals surface area contributed by atoms with Crippen LogP contribution in [0.3, 0.4) is 0 Å². The Balaban J connectivity index is 2.20. The largest absolute Gasteiger partial charge is 0.496 e. The first-order chi connectivity index (χ1) is 9.97. The van der Waals surface area contributed by atoms with Crippen molar-refractivity contribution >= 4 is 11.6 Å². The van der Waals surface area contributed by atoms with Crippen molar-refractivity contribution in [3.63, 3.8) is 0 Å². The van der Waals surface area contributed by atoms with Crippen molar-refractivity contribution in [1.82, 2.24) is 5.32 Å². The van der Waals surface area contributed by atoms with E-state index in [9.17, 15) is 20.0 Å². The third-order valence-electron chi connectivity index (χ3n) is 3.31. The number of carbonyl (C=O) groups excluding carboxylic acids is 1. The summed E-state index contributed by atoms with van der Waals surface area (Å²) < 4.78 is 10.1. The number of ether oxygens (including phenoxy) is 2. The van der Waals surface area contributed by atoms with Crippen LogP contribution >= 0.6 is 0 Å². The summed E-state index contributed by atoms with van der Waals surface area (Å²) in [7, 11) is 1.33. The van der Waals surface area contributed by atoms with Gasteiger partial charge in [-0.3, -0.25) is 14.9 Å². The van der Waals surface area contributed by atoms with Gasteiger partial charge in [0.2, 0.25) is 0 Å². The Bertz CT molecular complexity index is 554. The van der Waals surface area contributed by atoms with Crippen molar-refractivity contribution in [2.24, 2.45) is 0 Å². The predicted molar refractivity (Wildman–Crippen MR) is 72.4 cm³/mol. The van der Waals surface area contributed by atoms with E-state index in [1.165, 1.54) is 25.3 Å². The van der Waals surface area contributed by atoms with Gasteiger partial charge in [0.25, 0.3) is 11.6 Å². The van der Waals surface area contributed by atoms with Crippen molar-refractivity contribution < 1.29 is 24.3 Å². The van der Waals surface area contributed by atoms with Crippen molar-refractivity contribution in [1.29, 1.82) is 0 Å². The van der Waals surface area contributed by atoms with Gasteiger partial charge in [-0.05, 0) is 6.07 Å². The molecule has 8 heteroatoms. The van der Waals surface area contributed by atoms with Gasteiger partial charge in [0.05, 0.1) is 18.6 Å². The molecule has 1 fully saturated rings. The summed E-state index contributed by atoms with van der Waals surface area (Å²) in [4.78, 5) is 22.6. The number of nitrogens with one attached hydrogen (secondary N) is 1.